The molecule has 0 spiro atoms. The number of methoxy groups -OCH3 is 1. The molecule has 1 heterocycles. The summed E-state index contributed by atoms with van der Waals surface area (Å²) in [5, 5.41) is 9.73. The maximum atomic E-state index is 13.4. The van der Waals surface area contributed by atoms with Crippen LogP contribution >= 0.6 is 0 Å². The highest BCUT2D eigenvalue weighted by molar-refractivity contribution is 5.93. The van der Waals surface area contributed by atoms with Crippen LogP contribution in [0.4, 0.5) is 4.39 Å². The van der Waals surface area contributed by atoms with Crippen molar-refractivity contribution in [1.82, 2.24) is 15.5 Å². The predicted molar refractivity (Wildman–Crippen MR) is 97.7 cm³/mol. The van der Waals surface area contributed by atoms with E-state index in [1.807, 2.05) is 24.3 Å². The fourth-order valence-electron chi connectivity index (χ4n) is 2.60. The highest BCUT2D eigenvalue weighted by Crippen LogP contribution is 2.20. The van der Waals surface area contributed by atoms with Gasteiger partial charge in [-0.1, -0.05) is 12.1 Å². The van der Waals surface area contributed by atoms with Crippen LogP contribution in [0.25, 0.3) is 11.3 Å². The van der Waals surface area contributed by atoms with Crippen LogP contribution in [0.2, 0.25) is 0 Å². The number of nitrogens with one attached hydrogen (secondary N) is 2. The summed E-state index contributed by atoms with van der Waals surface area (Å²) in [4.78, 5) is 12.2. The molecule has 0 aliphatic rings. The molecule has 26 heavy (non-hydrogen) atoms. The quantitative estimate of drug-likeness (QED) is 0.713. The zero-order chi connectivity index (χ0) is 18.5. The zero-order valence-corrected chi connectivity index (χ0v) is 14.7. The van der Waals surface area contributed by atoms with E-state index < -0.39 is 0 Å². The molecule has 0 atom stereocenters. The number of amides is 1. The maximum Gasteiger partial charge on any atom is 0.269 e. The van der Waals surface area contributed by atoms with Crippen LogP contribution in [0.5, 0.6) is 5.75 Å². The summed E-state index contributed by atoms with van der Waals surface area (Å²) in [7, 11) is 1.63. The molecule has 0 aliphatic heterocycles. The highest BCUT2D eigenvalue weighted by atomic mass is 19.1. The van der Waals surface area contributed by atoms with E-state index in [2.05, 4.69) is 15.5 Å². The first-order valence-electron chi connectivity index (χ1n) is 8.30. The van der Waals surface area contributed by atoms with Gasteiger partial charge in [-0.05, 0) is 60.9 Å². The van der Waals surface area contributed by atoms with Gasteiger partial charge >= 0.3 is 0 Å². The van der Waals surface area contributed by atoms with Gasteiger partial charge in [-0.15, -0.1) is 0 Å². The Balaban J connectivity index is 1.58. The fourth-order valence-corrected chi connectivity index (χ4v) is 2.60. The first kappa shape index (κ1) is 17.7. The molecule has 0 aliphatic carbocycles. The Morgan fingerprint density at radius 1 is 1.19 bits per heavy atom. The molecule has 2 N–H and O–H groups in total. The van der Waals surface area contributed by atoms with Gasteiger partial charge in [-0.2, -0.15) is 5.10 Å². The minimum atomic E-state index is -0.263. The lowest BCUT2D eigenvalue weighted by molar-refractivity contribution is 0.0949. The normalized spacial score (nSPS) is 10.6. The number of ether oxygens (including phenoxy) is 1. The second kappa shape index (κ2) is 7.82. The lowest BCUT2D eigenvalue weighted by Crippen LogP contribution is -2.26. The molecule has 134 valence electrons. The first-order valence-corrected chi connectivity index (χ1v) is 8.30. The number of aromatic amines is 1. The Labute approximate surface area is 151 Å². The van der Waals surface area contributed by atoms with E-state index in [9.17, 15) is 9.18 Å². The predicted octanol–water partition coefficient (Wildman–Crippen LogP) is 3.51. The maximum absolute atomic E-state index is 13.4. The van der Waals surface area contributed by atoms with Crippen LogP contribution in [-0.4, -0.2) is 29.8 Å². The van der Waals surface area contributed by atoms with Crippen molar-refractivity contribution in [3.05, 3.63) is 71.2 Å². The average molecular weight is 353 g/mol. The number of carbonyl (C=O) groups excluding carboxylic acids is 1. The molecular formula is C20H20FN3O2. The molecular weight excluding hydrogens is 333 g/mol. The third-order valence-electron chi connectivity index (χ3n) is 4.13. The molecule has 6 heteroatoms. The summed E-state index contributed by atoms with van der Waals surface area (Å²) >= 11 is 0. The number of carbonyl (C=O) groups is 1. The van der Waals surface area contributed by atoms with Gasteiger partial charge in [0.05, 0.1) is 12.8 Å². The fraction of sp³-hybridized carbons (Fsp3) is 0.200. The van der Waals surface area contributed by atoms with Crippen molar-refractivity contribution in [1.29, 1.82) is 0 Å². The highest BCUT2D eigenvalue weighted by Gasteiger charge is 2.11. The zero-order valence-electron chi connectivity index (χ0n) is 14.7. The van der Waals surface area contributed by atoms with Crippen LogP contribution < -0.4 is 10.1 Å². The Kier molecular flexibility index (Phi) is 5.31. The number of aromatic nitrogens is 2. The minimum Gasteiger partial charge on any atom is -0.497 e. The van der Waals surface area contributed by atoms with Crippen LogP contribution in [-0.2, 0) is 6.42 Å². The van der Waals surface area contributed by atoms with Crippen LogP contribution in [0.1, 0.15) is 21.6 Å². The smallest absolute Gasteiger partial charge is 0.269 e. The topological polar surface area (TPSA) is 67.0 Å². The summed E-state index contributed by atoms with van der Waals surface area (Å²) in [6.07, 6.45) is 0.716. The number of H-pyrrole nitrogens is 1. The molecule has 1 aromatic heterocycles. The number of nitrogens with zero attached hydrogens (tertiary/aromatic N) is 1. The number of hydrogen-bond donors (Lipinski definition) is 2. The van der Waals surface area contributed by atoms with Gasteiger partial charge in [0.2, 0.25) is 0 Å². The number of rotatable bonds is 6. The van der Waals surface area contributed by atoms with E-state index in [1.165, 1.54) is 6.07 Å². The van der Waals surface area contributed by atoms with Crippen molar-refractivity contribution < 1.29 is 13.9 Å². The summed E-state index contributed by atoms with van der Waals surface area (Å²) in [6, 6.07) is 14.1. The second-order valence-electron chi connectivity index (χ2n) is 5.98. The van der Waals surface area contributed by atoms with Gasteiger partial charge in [-0.3, -0.25) is 9.89 Å². The van der Waals surface area contributed by atoms with Gasteiger partial charge in [0.25, 0.3) is 5.91 Å². The van der Waals surface area contributed by atoms with E-state index >= 15 is 0 Å². The molecule has 3 rings (SSSR count). The monoisotopic (exact) mass is 353 g/mol. The Morgan fingerprint density at radius 3 is 2.65 bits per heavy atom. The Bertz CT molecular complexity index is 904. The van der Waals surface area contributed by atoms with Crippen molar-refractivity contribution >= 4 is 5.91 Å². The molecule has 3 aromatic rings. The van der Waals surface area contributed by atoms with Crippen molar-refractivity contribution in [2.45, 2.75) is 13.3 Å². The van der Waals surface area contributed by atoms with Crippen molar-refractivity contribution in [3.8, 4) is 17.0 Å². The Hall–Kier alpha value is -3.15. The van der Waals surface area contributed by atoms with Gasteiger partial charge < -0.3 is 10.1 Å². The van der Waals surface area contributed by atoms with E-state index in [-0.39, 0.29) is 11.7 Å². The van der Waals surface area contributed by atoms with Gasteiger partial charge in [0.1, 0.15) is 17.3 Å². The number of hydrogen-bond acceptors (Lipinski definition) is 3. The molecule has 0 saturated heterocycles. The van der Waals surface area contributed by atoms with Gasteiger partial charge in [0, 0.05) is 12.1 Å². The van der Waals surface area contributed by atoms with E-state index in [0.717, 1.165) is 16.9 Å². The molecule has 5 nitrogen and oxygen atoms in total. The van der Waals surface area contributed by atoms with Crippen molar-refractivity contribution in [3.63, 3.8) is 0 Å². The van der Waals surface area contributed by atoms with E-state index in [1.54, 1.807) is 32.2 Å². The summed E-state index contributed by atoms with van der Waals surface area (Å²) in [6.45, 7) is 2.20. The van der Waals surface area contributed by atoms with Crippen LogP contribution in [0.15, 0.2) is 48.5 Å². The average Bonchev–Trinajstić information content (AvgIpc) is 3.15. The SMILES string of the molecule is COc1ccc(CCNC(=O)c2cc(-c3ccc(F)c(C)c3)n[nH]2)cc1. The summed E-state index contributed by atoms with van der Waals surface area (Å²) in [5.41, 5.74) is 3.39. The lowest BCUT2D eigenvalue weighted by Gasteiger charge is -2.05. The van der Waals surface area contributed by atoms with Crippen molar-refractivity contribution in [2.24, 2.45) is 0 Å². The summed E-state index contributed by atoms with van der Waals surface area (Å²) < 4.78 is 18.5. The molecule has 0 radical (unpaired) electrons. The number of halogens is 1. The third kappa shape index (κ3) is 4.08. The number of aryl methyl sites for hydroxylation is 1. The molecule has 2 aromatic carbocycles. The number of benzene rings is 2. The van der Waals surface area contributed by atoms with Crippen LogP contribution in [0, 0.1) is 12.7 Å². The van der Waals surface area contributed by atoms with Gasteiger partial charge in [0.15, 0.2) is 0 Å². The second-order valence-corrected chi connectivity index (χ2v) is 5.98. The van der Waals surface area contributed by atoms with E-state index in [0.29, 0.717) is 29.9 Å². The standard InChI is InChI=1S/C20H20FN3O2/c1-13-11-15(5-8-17(13)21)18-12-19(24-23-18)20(25)22-10-9-14-3-6-16(26-2)7-4-14/h3-8,11-12H,9-10H2,1-2H3,(H,22,25)(H,23,24). The van der Waals surface area contributed by atoms with Gasteiger partial charge in [-0.25, -0.2) is 4.39 Å². The largest absolute Gasteiger partial charge is 0.497 e. The minimum absolute atomic E-state index is 0.226. The van der Waals surface area contributed by atoms with E-state index in [4.69, 9.17) is 4.74 Å². The molecule has 0 fully saturated rings. The third-order valence-corrected chi connectivity index (χ3v) is 4.13. The lowest BCUT2D eigenvalue weighted by atomic mass is 10.1. The molecule has 0 saturated carbocycles. The molecule has 0 unspecified atom stereocenters. The van der Waals surface area contributed by atoms with Crippen LogP contribution in [0.3, 0.4) is 0 Å². The molecule has 1 amide bonds. The van der Waals surface area contributed by atoms with Crippen molar-refractivity contribution in [2.75, 3.05) is 13.7 Å². The Morgan fingerprint density at radius 2 is 1.96 bits per heavy atom. The molecule has 0 bridgehead atoms. The first-order chi connectivity index (χ1) is 12.6. The summed E-state index contributed by atoms with van der Waals surface area (Å²) in [5.74, 6) is 0.315.